The molecule has 0 saturated carbocycles. The van der Waals surface area contributed by atoms with E-state index in [1.807, 2.05) is 106 Å². The van der Waals surface area contributed by atoms with Gasteiger partial charge in [0.2, 0.25) is 0 Å². The zero-order valence-electron chi connectivity index (χ0n) is 67.8. The van der Waals surface area contributed by atoms with Crippen LogP contribution >= 0.6 is 51.3 Å². The minimum Gasteiger partial charge on any atom is -0.784 e. The van der Waals surface area contributed by atoms with Crippen molar-refractivity contribution in [3.05, 3.63) is 4.78 Å². The van der Waals surface area contributed by atoms with E-state index in [2.05, 4.69) is 146 Å². The van der Waals surface area contributed by atoms with Crippen molar-refractivity contribution in [1.29, 1.82) is 0 Å². The van der Waals surface area contributed by atoms with Crippen molar-refractivity contribution >= 4 is 157 Å². The number of aliphatic imine (C=N–C) groups is 2. The Balaban J connectivity index is -0.0000000193. The molecular weight excluding hydrogens is 1670 g/mol. The second-order valence-corrected chi connectivity index (χ2v) is 52.9. The molecule has 5 radical (unpaired) electrons. The Labute approximate surface area is 707 Å². The molecule has 0 aliphatic rings. The number of rotatable bonds is 0. The Kier molecular flexibility index (Phi) is 276. The van der Waals surface area contributed by atoms with Crippen LogP contribution in [0.15, 0.2) is 9.98 Å². The number of hydroxylamine groups is 2. The number of nitrogens with zero attached hydrogens (tertiary/aromatic N) is 7. The summed E-state index contributed by atoms with van der Waals surface area (Å²) in [4.78, 5) is 11.6. The molecule has 0 aromatic heterocycles. The van der Waals surface area contributed by atoms with E-state index < -0.39 is 52.8 Å². The Hall–Kier alpha value is 5.16. The molecule has 0 rings (SSSR count). The SMILES string of the molecule is C.C.C.C.C/C=[N+](/C)O.C=S(C)(C)=O.C=S(C)(C)=[N-].C=S(C)C.CB(C)C.CC(C)=[N+](C)O.CN(C)C.CN(C)C.CN=C(C)C.CN=C(C)C.COC.CP(C)(C)=O.CP(C)(C)=S.CP(C)C.CS(C)(=O)=O.CS(C)=O.CSC.C[B-](C)C.C[PH+](C)C.[Y].[Y].[Y].[Y]. The molecular formula is C60H173B2N7O8P4S7Y4+. The summed E-state index contributed by atoms with van der Waals surface area (Å²) in [6, 6.07) is -0.806. The zero-order valence-corrected chi connectivity index (χ0v) is 88.6. The quantitative estimate of drug-likeness (QED) is 0.0444. The maximum Gasteiger partial charge on any atom is 0.197 e. The molecule has 2 N–H and O–H groups in total. The van der Waals surface area contributed by atoms with Crippen molar-refractivity contribution in [3.8, 4) is 0 Å². The van der Waals surface area contributed by atoms with E-state index in [0.717, 1.165) is 52.5 Å². The molecule has 32 heteroatoms. The fourth-order valence-corrected chi connectivity index (χ4v) is 0. The summed E-state index contributed by atoms with van der Waals surface area (Å²) in [6.45, 7) is 53.0. The zero-order chi connectivity index (χ0) is 74.5. The van der Waals surface area contributed by atoms with Crippen LogP contribution in [0.25, 0.3) is 4.78 Å². The fourth-order valence-electron chi connectivity index (χ4n) is 0. The molecule has 0 spiro atoms. The summed E-state index contributed by atoms with van der Waals surface area (Å²) in [6.07, 6.45) is 22.0. The van der Waals surface area contributed by atoms with Gasteiger partial charge >= 0.3 is 0 Å². The van der Waals surface area contributed by atoms with Gasteiger partial charge in [-0.1, -0.05) is 79.8 Å². The van der Waals surface area contributed by atoms with Crippen molar-refractivity contribution < 1.29 is 177 Å². The van der Waals surface area contributed by atoms with E-state index >= 15 is 0 Å². The van der Waals surface area contributed by atoms with Crippen LogP contribution in [0.1, 0.15) is 78.2 Å². The van der Waals surface area contributed by atoms with Gasteiger partial charge in [-0.3, -0.25) is 28.8 Å². The molecule has 92 heavy (non-hydrogen) atoms. The Morgan fingerprint density at radius 1 is 0.696 bits per heavy atom. The molecule has 15 nitrogen and oxygen atoms in total. The number of sulfone groups is 1. The van der Waals surface area contributed by atoms with Crippen molar-refractivity contribution in [1.82, 2.24) is 9.80 Å². The number of methoxy groups -OCH3 is 1. The third kappa shape index (κ3) is 3670. The van der Waals surface area contributed by atoms with Crippen LogP contribution in [0.5, 0.6) is 0 Å². The second-order valence-electron chi connectivity index (χ2n) is 24.0. The average molecular weight is 1850 g/mol. The average Bonchev–Trinajstić information content (AvgIpc) is 3.11. The summed E-state index contributed by atoms with van der Waals surface area (Å²) in [5.74, 6) is 10.4. The summed E-state index contributed by atoms with van der Waals surface area (Å²) < 4.78 is 63.9. The van der Waals surface area contributed by atoms with E-state index in [-0.39, 0.29) is 168 Å². The topological polar surface area (TPSA) is 195 Å². The monoisotopic (exact) mass is 1850 g/mol. The van der Waals surface area contributed by atoms with Gasteiger partial charge in [0.1, 0.15) is 16.6 Å². The van der Waals surface area contributed by atoms with E-state index in [4.69, 9.17) is 27.0 Å². The number of thioether (sulfide) groups is 1. The molecule has 0 saturated heterocycles. The first-order valence-corrected chi connectivity index (χ1v) is 52.3. The van der Waals surface area contributed by atoms with Gasteiger partial charge in [-0.25, -0.2) is 28.9 Å². The molecule has 0 bridgehead atoms. The Bertz CT molecular complexity index is 1590. The first-order valence-electron chi connectivity index (χ1n) is 26.2. The summed E-state index contributed by atoms with van der Waals surface area (Å²) in [5, 5.41) is 16.6. The van der Waals surface area contributed by atoms with Crippen LogP contribution in [0.4, 0.5) is 0 Å². The molecule has 575 valence electrons. The first kappa shape index (κ1) is 183. The summed E-state index contributed by atoms with van der Waals surface area (Å²) >= 11 is 6.69. The van der Waals surface area contributed by atoms with Crippen LogP contribution in [-0.2, 0) is 192 Å². The van der Waals surface area contributed by atoms with E-state index in [0.29, 0.717) is 18.4 Å². The van der Waals surface area contributed by atoms with E-state index in [1.165, 1.54) is 0 Å². The van der Waals surface area contributed by atoms with E-state index in [1.54, 1.807) is 125 Å². The maximum atomic E-state index is 10.2. The molecule has 0 heterocycles. The number of hydrogen-bond donors (Lipinski definition) is 2. The van der Waals surface area contributed by atoms with Gasteiger partial charge in [-0.2, -0.15) is 22.2 Å². The predicted octanol–water partition coefficient (Wildman–Crippen LogP) is 15.9. The number of ether oxygens (including phenoxy) is 1. The molecule has 0 aliphatic heterocycles. The van der Waals surface area contributed by atoms with Crippen LogP contribution in [0.3, 0.4) is 0 Å². The van der Waals surface area contributed by atoms with Gasteiger partial charge in [0.05, 0.1) is 7.14 Å². The maximum absolute atomic E-state index is 10.2. The molecule has 0 aromatic rings. The molecule has 0 unspecified atom stereocenters. The van der Waals surface area contributed by atoms with Gasteiger partial charge in [0, 0.05) is 260 Å². The second kappa shape index (κ2) is 139. The minimum atomic E-state index is -2.67. The third-order valence-electron chi connectivity index (χ3n) is 1.92. The van der Waals surface area contributed by atoms with Gasteiger partial charge in [-0.05, 0) is 200 Å². The molecule has 0 fully saturated rings. The van der Waals surface area contributed by atoms with Gasteiger partial charge in [0.25, 0.3) is 0 Å². The largest absolute Gasteiger partial charge is 0.784 e. The van der Waals surface area contributed by atoms with Crippen LogP contribution in [0, 0.1) is 0 Å². The molecule has 0 atom stereocenters. The van der Waals surface area contributed by atoms with Crippen LogP contribution in [-0.4, -0.2) is 341 Å². The molecule has 0 aromatic carbocycles. The van der Waals surface area contributed by atoms with Crippen LogP contribution in [0.2, 0.25) is 40.9 Å². The van der Waals surface area contributed by atoms with Gasteiger partial charge in [-0.15, -0.1) is 14.6 Å². The van der Waals surface area contributed by atoms with Crippen molar-refractivity contribution in [2.45, 2.75) is 119 Å². The van der Waals surface area contributed by atoms with Crippen molar-refractivity contribution in [3.63, 3.8) is 0 Å². The third-order valence-corrected chi connectivity index (χ3v) is 1.92. The standard InChI is InChI=1S/C4H10NO.2C4H9N.2C3H9B.C3H8NO.C3H8NS.2C3H9N.C3H9OP.C3H8OS.C3H9PS.2C3H9P.C3H8S.C2H6O2S.C2H6OS.C2H6O.C2H6S.4CH4.4Y/c1-4(2)5(3)6;2*1-4(2)5-3;2*1-4(2)3;1-3-4(2)5;1-5(2,3)4;2*1-4(2)3;2*1-5(2,3)4;1-4(2,3)5;3*1-4(2)3;1-5(2,3)4;1-4(2)3;2*1-3-2;;;;;;;;/h6H,1-3H3;2*1-3H3;2*1-3H3;3,5H,1-2H3;1H2,2-3H3;2*1-3H3;1-3H3;1H2,2-3H3;1-3H3;2*1-3H3;1H2,2-3H3;1-2H3;1-2H3;2*1-2H3;4*1H4;;;;/q+1;;;;-1;+1;-1;;;;;;;;;;;;;;;;;;;;/p+1/b;;;;;4-3-;;;;;;;;;;;;;;;;;;;;;. The van der Waals surface area contributed by atoms with E-state index in [9.17, 15) is 21.4 Å². The summed E-state index contributed by atoms with van der Waals surface area (Å²) in [7, 11) is 14.9. The summed E-state index contributed by atoms with van der Waals surface area (Å²) in [5.41, 5.74) is 3.16. The van der Waals surface area contributed by atoms with Crippen molar-refractivity contribution in [2.24, 2.45) is 9.98 Å². The fraction of sp³-hybridized carbons (Fsp3) is 0.883. The Morgan fingerprint density at radius 2 is 0.728 bits per heavy atom. The molecule has 0 aliphatic carbocycles. The van der Waals surface area contributed by atoms with Gasteiger partial charge in [0.15, 0.2) is 26.0 Å². The Morgan fingerprint density at radius 3 is 0.728 bits per heavy atom. The predicted molar refractivity (Wildman–Crippen MR) is 471 cm³/mol. The first-order chi connectivity index (χ1) is 36.1. The van der Waals surface area contributed by atoms with Crippen molar-refractivity contribution in [2.75, 3.05) is 240 Å². The van der Waals surface area contributed by atoms with Crippen LogP contribution < -0.4 is 0 Å². The minimum absolute atomic E-state index is 0. The smallest absolute Gasteiger partial charge is 0.197 e. The normalized spacial score (nSPS) is 8.50. The number of hydrogen-bond acceptors (Lipinski definition) is 14. The molecule has 0 amide bonds. The van der Waals surface area contributed by atoms with Gasteiger partial charge < -0.3 is 33.3 Å².